The first kappa shape index (κ1) is 23.2. The van der Waals surface area contributed by atoms with Crippen LogP contribution in [-0.2, 0) is 11.3 Å². The van der Waals surface area contributed by atoms with Crippen LogP contribution < -0.4 is 10.1 Å². The highest BCUT2D eigenvalue weighted by Crippen LogP contribution is 2.23. The van der Waals surface area contributed by atoms with Crippen molar-refractivity contribution in [2.24, 2.45) is 0 Å². The third-order valence-electron chi connectivity index (χ3n) is 4.77. The Morgan fingerprint density at radius 1 is 1.06 bits per heavy atom. The number of benzene rings is 3. The predicted octanol–water partition coefficient (Wildman–Crippen LogP) is 5.47. The molecule has 32 heavy (non-hydrogen) atoms. The zero-order valence-electron chi connectivity index (χ0n) is 17.3. The monoisotopic (exact) mass is 459 g/mol. The van der Waals surface area contributed by atoms with E-state index >= 15 is 0 Å². The van der Waals surface area contributed by atoms with Crippen molar-refractivity contribution in [2.45, 2.75) is 19.6 Å². The summed E-state index contributed by atoms with van der Waals surface area (Å²) in [4.78, 5) is 24.7. The first-order valence-corrected chi connectivity index (χ1v) is 10.0. The zero-order valence-corrected chi connectivity index (χ0v) is 18.1. The van der Waals surface area contributed by atoms with Crippen molar-refractivity contribution in [3.8, 4) is 5.75 Å². The Labute approximate surface area is 188 Å². The van der Waals surface area contributed by atoms with E-state index in [2.05, 4.69) is 5.32 Å². The van der Waals surface area contributed by atoms with E-state index in [4.69, 9.17) is 21.1 Å². The second-order valence-corrected chi connectivity index (χ2v) is 7.39. The molecule has 0 radical (unpaired) electrons. The van der Waals surface area contributed by atoms with Gasteiger partial charge >= 0.3 is 5.97 Å². The van der Waals surface area contributed by atoms with E-state index in [9.17, 15) is 18.4 Å². The van der Waals surface area contributed by atoms with Gasteiger partial charge in [0, 0.05) is 16.1 Å². The van der Waals surface area contributed by atoms with E-state index in [0.717, 1.165) is 6.07 Å². The maximum absolute atomic E-state index is 13.9. The fourth-order valence-corrected chi connectivity index (χ4v) is 3.22. The molecule has 0 aliphatic rings. The summed E-state index contributed by atoms with van der Waals surface area (Å²) in [7, 11) is 1.29. The molecule has 0 fully saturated rings. The standard InChI is InChI=1S/C24H20ClF2NO4/c1-14(15-5-3-6-16(11-15)24(30)31-2)28-23(29)19-12-18(25)10-9-17(19)13-32-21-8-4-7-20(26)22(21)27/h3-12,14H,13H2,1-2H3,(H,28,29)/t14-/m0/s1. The summed E-state index contributed by atoms with van der Waals surface area (Å²) < 4.78 is 37.4. The molecule has 0 aliphatic heterocycles. The van der Waals surface area contributed by atoms with Crippen molar-refractivity contribution in [2.75, 3.05) is 7.11 Å². The van der Waals surface area contributed by atoms with E-state index in [0.29, 0.717) is 21.7 Å². The van der Waals surface area contributed by atoms with Crippen LogP contribution in [0.25, 0.3) is 0 Å². The lowest BCUT2D eigenvalue weighted by Crippen LogP contribution is -2.28. The molecule has 3 aromatic carbocycles. The fourth-order valence-electron chi connectivity index (χ4n) is 3.05. The van der Waals surface area contributed by atoms with Crippen LogP contribution in [0.2, 0.25) is 5.02 Å². The number of halogens is 3. The smallest absolute Gasteiger partial charge is 0.337 e. The summed E-state index contributed by atoms with van der Waals surface area (Å²) in [5.74, 6) is -3.32. The molecular weight excluding hydrogens is 440 g/mol. The quantitative estimate of drug-likeness (QED) is 0.475. The number of rotatable bonds is 7. The Morgan fingerprint density at radius 3 is 2.56 bits per heavy atom. The molecule has 166 valence electrons. The minimum atomic E-state index is -1.11. The Hall–Kier alpha value is -3.45. The number of carbonyl (C=O) groups excluding carboxylic acids is 2. The third-order valence-corrected chi connectivity index (χ3v) is 5.01. The average molecular weight is 460 g/mol. The topological polar surface area (TPSA) is 64.6 Å². The van der Waals surface area contributed by atoms with Crippen molar-refractivity contribution in [3.63, 3.8) is 0 Å². The maximum atomic E-state index is 13.9. The largest absolute Gasteiger partial charge is 0.486 e. The molecule has 0 saturated heterocycles. The van der Waals surface area contributed by atoms with Crippen LogP contribution in [0.15, 0.2) is 60.7 Å². The summed E-state index contributed by atoms with van der Waals surface area (Å²) in [5.41, 5.74) is 1.72. The SMILES string of the molecule is COC(=O)c1cccc([C@H](C)NC(=O)c2cc(Cl)ccc2COc2cccc(F)c2F)c1. The lowest BCUT2D eigenvalue weighted by Gasteiger charge is -2.17. The number of amides is 1. The molecule has 8 heteroatoms. The van der Waals surface area contributed by atoms with Gasteiger partial charge in [-0.1, -0.05) is 35.9 Å². The number of hydrogen-bond acceptors (Lipinski definition) is 4. The van der Waals surface area contributed by atoms with Crippen LogP contribution in [0.5, 0.6) is 5.75 Å². The predicted molar refractivity (Wildman–Crippen MR) is 116 cm³/mol. The molecule has 3 aromatic rings. The summed E-state index contributed by atoms with van der Waals surface area (Å²) >= 11 is 6.07. The van der Waals surface area contributed by atoms with Crippen molar-refractivity contribution in [1.29, 1.82) is 0 Å². The normalized spacial score (nSPS) is 11.5. The van der Waals surface area contributed by atoms with Gasteiger partial charge in [0.1, 0.15) is 6.61 Å². The van der Waals surface area contributed by atoms with Gasteiger partial charge in [-0.15, -0.1) is 0 Å². The molecule has 1 amide bonds. The molecule has 3 rings (SSSR count). The molecule has 1 N–H and O–H groups in total. The van der Waals surface area contributed by atoms with E-state index in [-0.39, 0.29) is 17.9 Å². The van der Waals surface area contributed by atoms with Gasteiger partial charge < -0.3 is 14.8 Å². The van der Waals surface area contributed by atoms with E-state index < -0.39 is 29.6 Å². The second-order valence-electron chi connectivity index (χ2n) is 6.95. The summed E-state index contributed by atoms with van der Waals surface area (Å²) in [6.45, 7) is 1.59. The average Bonchev–Trinajstić information content (AvgIpc) is 2.80. The van der Waals surface area contributed by atoms with E-state index in [1.165, 1.54) is 25.3 Å². The minimum Gasteiger partial charge on any atom is -0.486 e. The maximum Gasteiger partial charge on any atom is 0.337 e. The number of ether oxygens (including phenoxy) is 2. The molecule has 1 atom stereocenters. The minimum absolute atomic E-state index is 0.174. The summed E-state index contributed by atoms with van der Waals surface area (Å²) in [5, 5.41) is 3.17. The van der Waals surface area contributed by atoms with Crippen LogP contribution in [0.3, 0.4) is 0 Å². The number of hydrogen-bond donors (Lipinski definition) is 1. The molecule has 0 heterocycles. The van der Waals surface area contributed by atoms with Gasteiger partial charge in [-0.25, -0.2) is 9.18 Å². The van der Waals surface area contributed by atoms with E-state index in [1.54, 1.807) is 43.3 Å². The molecule has 5 nitrogen and oxygen atoms in total. The second kappa shape index (κ2) is 10.2. The Morgan fingerprint density at radius 2 is 1.81 bits per heavy atom. The van der Waals surface area contributed by atoms with Crippen LogP contribution in [0.4, 0.5) is 8.78 Å². The van der Waals surface area contributed by atoms with Crippen LogP contribution in [0, 0.1) is 11.6 Å². The first-order chi connectivity index (χ1) is 15.3. The van der Waals surface area contributed by atoms with Crippen molar-refractivity contribution in [1.82, 2.24) is 5.32 Å². The number of nitrogens with one attached hydrogen (secondary N) is 1. The van der Waals surface area contributed by atoms with Gasteiger partial charge in [0.25, 0.3) is 5.91 Å². The fraction of sp³-hybridized carbons (Fsp3) is 0.167. The van der Waals surface area contributed by atoms with Crippen molar-refractivity contribution >= 4 is 23.5 Å². The molecule has 0 spiro atoms. The van der Waals surface area contributed by atoms with Gasteiger partial charge in [0.05, 0.1) is 18.7 Å². The van der Waals surface area contributed by atoms with Crippen LogP contribution >= 0.6 is 11.6 Å². The number of carbonyl (C=O) groups is 2. The van der Waals surface area contributed by atoms with Gasteiger partial charge in [-0.3, -0.25) is 4.79 Å². The van der Waals surface area contributed by atoms with Gasteiger partial charge in [0.2, 0.25) is 5.82 Å². The highest BCUT2D eigenvalue weighted by molar-refractivity contribution is 6.31. The summed E-state index contributed by atoms with van der Waals surface area (Å²) in [6, 6.07) is 14.5. The highest BCUT2D eigenvalue weighted by Gasteiger charge is 2.18. The van der Waals surface area contributed by atoms with Crippen LogP contribution in [-0.4, -0.2) is 19.0 Å². The number of esters is 1. The van der Waals surface area contributed by atoms with Gasteiger partial charge in [-0.05, 0) is 48.9 Å². The molecule has 0 saturated carbocycles. The Bertz CT molecular complexity index is 1150. The number of methoxy groups -OCH3 is 1. The Kier molecular flexibility index (Phi) is 7.43. The van der Waals surface area contributed by atoms with Crippen molar-refractivity contribution in [3.05, 3.63) is 99.6 Å². The van der Waals surface area contributed by atoms with Crippen molar-refractivity contribution < 1.29 is 27.8 Å². The summed E-state index contributed by atoms with van der Waals surface area (Å²) in [6.07, 6.45) is 0. The van der Waals surface area contributed by atoms with Crippen LogP contribution in [0.1, 0.15) is 44.8 Å². The molecule has 0 bridgehead atoms. The lowest BCUT2D eigenvalue weighted by molar-refractivity contribution is 0.0600. The molecule has 0 unspecified atom stereocenters. The highest BCUT2D eigenvalue weighted by atomic mass is 35.5. The lowest BCUT2D eigenvalue weighted by atomic mass is 10.0. The molecule has 0 aliphatic carbocycles. The third kappa shape index (κ3) is 5.42. The zero-order chi connectivity index (χ0) is 23.3. The molecular formula is C24H20ClF2NO4. The first-order valence-electron chi connectivity index (χ1n) is 9.64. The van der Waals surface area contributed by atoms with Gasteiger partial charge in [-0.2, -0.15) is 4.39 Å². The van der Waals surface area contributed by atoms with E-state index in [1.807, 2.05) is 0 Å². The Balaban J connectivity index is 1.78. The molecule has 0 aromatic heterocycles. The van der Waals surface area contributed by atoms with Gasteiger partial charge in [0.15, 0.2) is 11.6 Å².